The molecule has 0 radical (unpaired) electrons. The molecule has 0 spiro atoms. The number of fused-ring (bicyclic) bond motifs is 6. The van der Waals surface area contributed by atoms with E-state index < -0.39 is 12.6 Å². The van der Waals surface area contributed by atoms with Crippen LogP contribution in [0.25, 0.3) is 0 Å². The second-order valence-corrected chi connectivity index (χ2v) is 14.3. The van der Waals surface area contributed by atoms with Gasteiger partial charge in [-0.15, -0.1) is 0 Å². The van der Waals surface area contributed by atoms with Gasteiger partial charge in [-0.25, -0.2) is 0 Å². The average molecular weight is 550 g/mol. The first kappa shape index (κ1) is 30.6. The van der Waals surface area contributed by atoms with Gasteiger partial charge in [-0.1, -0.05) is 92.5 Å². The van der Waals surface area contributed by atoms with E-state index in [-0.39, 0.29) is 10.8 Å². The summed E-state index contributed by atoms with van der Waals surface area (Å²) in [5, 5.41) is 3.05. The lowest BCUT2D eigenvalue weighted by Crippen LogP contribution is -2.32. The van der Waals surface area contributed by atoms with Gasteiger partial charge in [0.05, 0.1) is 17.7 Å². The van der Waals surface area contributed by atoms with E-state index in [1.54, 1.807) is 0 Å². The first-order valence-corrected chi connectivity index (χ1v) is 15.5. The normalized spacial score (nSPS) is 18.3. The van der Waals surface area contributed by atoms with Crippen molar-refractivity contribution in [3.8, 4) is 11.5 Å². The van der Waals surface area contributed by atoms with Gasteiger partial charge in [-0.05, 0) is 89.2 Å². The van der Waals surface area contributed by atoms with Crippen LogP contribution in [0.3, 0.4) is 0 Å². The zero-order chi connectivity index (χ0) is 29.2. The maximum Gasteiger partial charge on any atom is 0.233 e. The zero-order valence-corrected chi connectivity index (χ0v) is 26.4. The Kier molecular flexibility index (Phi) is 9.34. The summed E-state index contributed by atoms with van der Waals surface area (Å²) in [6, 6.07) is 9.14. The molecule has 40 heavy (non-hydrogen) atoms. The van der Waals surface area contributed by atoms with Gasteiger partial charge in [0.15, 0.2) is 0 Å². The molecular weight excluding hydrogens is 498 g/mol. The molecule has 2 heterocycles. The minimum absolute atomic E-state index is 0.0538. The molecular formula is C35H51NO4. The molecule has 0 saturated carbocycles. The predicted molar refractivity (Wildman–Crippen MR) is 163 cm³/mol. The number of hydrogen-bond acceptors (Lipinski definition) is 5. The number of ether oxygens (including phenoxy) is 3. The third-order valence-corrected chi connectivity index (χ3v) is 8.54. The van der Waals surface area contributed by atoms with E-state index in [0.717, 1.165) is 48.3 Å². The van der Waals surface area contributed by atoms with E-state index in [2.05, 4.69) is 91.8 Å². The molecule has 0 saturated heterocycles. The molecule has 5 heteroatoms. The van der Waals surface area contributed by atoms with Gasteiger partial charge in [-0.2, -0.15) is 4.91 Å². The molecule has 220 valence electrons. The molecule has 2 aliphatic rings. The van der Waals surface area contributed by atoms with Gasteiger partial charge in [0, 0.05) is 0 Å². The van der Waals surface area contributed by atoms with Crippen LogP contribution in [0, 0.1) is 15.7 Å². The topological polar surface area (TPSA) is 57.1 Å². The van der Waals surface area contributed by atoms with E-state index in [9.17, 15) is 4.91 Å². The van der Waals surface area contributed by atoms with Crippen molar-refractivity contribution in [2.45, 2.75) is 132 Å². The summed E-state index contributed by atoms with van der Waals surface area (Å²) in [5.41, 5.74) is 7.29. The molecule has 0 fully saturated rings. The van der Waals surface area contributed by atoms with Crippen LogP contribution in [0.1, 0.15) is 152 Å². The molecule has 2 aromatic carbocycles. The van der Waals surface area contributed by atoms with Crippen molar-refractivity contribution in [1.82, 2.24) is 0 Å². The van der Waals surface area contributed by atoms with Crippen LogP contribution >= 0.6 is 0 Å². The SMILES string of the molecule is CCCCC(C)(C)Cc1cc(C(C)C)c2c(c1)C1Oc3c(C(C)C)cc(CC(C)(C)CCCN=O)cc3C(O2)O1. The van der Waals surface area contributed by atoms with Gasteiger partial charge in [0.2, 0.25) is 12.6 Å². The van der Waals surface area contributed by atoms with Gasteiger partial charge < -0.3 is 9.47 Å². The lowest BCUT2D eigenvalue weighted by Gasteiger charge is -2.41. The van der Waals surface area contributed by atoms with Crippen LogP contribution in [0.5, 0.6) is 11.5 Å². The lowest BCUT2D eigenvalue weighted by atomic mass is 9.79. The molecule has 2 unspecified atom stereocenters. The van der Waals surface area contributed by atoms with Gasteiger partial charge in [-0.3, -0.25) is 4.74 Å². The molecule has 2 aromatic rings. The van der Waals surface area contributed by atoms with Gasteiger partial charge in [0.25, 0.3) is 0 Å². The first-order valence-electron chi connectivity index (χ1n) is 15.5. The number of hydrogen-bond donors (Lipinski definition) is 0. The highest BCUT2D eigenvalue weighted by Crippen LogP contribution is 2.52. The summed E-state index contributed by atoms with van der Waals surface area (Å²) >= 11 is 0. The predicted octanol–water partition coefficient (Wildman–Crippen LogP) is 10.3. The van der Waals surface area contributed by atoms with Crippen LogP contribution in [0.4, 0.5) is 0 Å². The van der Waals surface area contributed by atoms with E-state index in [0.29, 0.717) is 18.4 Å². The van der Waals surface area contributed by atoms with E-state index in [1.165, 1.54) is 41.5 Å². The second-order valence-electron chi connectivity index (χ2n) is 14.3. The molecule has 0 amide bonds. The van der Waals surface area contributed by atoms with Crippen molar-refractivity contribution < 1.29 is 14.2 Å². The quantitative estimate of drug-likeness (QED) is 0.184. The van der Waals surface area contributed by atoms with Crippen LogP contribution in [0.15, 0.2) is 29.4 Å². The molecule has 0 aliphatic carbocycles. The highest BCUT2D eigenvalue weighted by Gasteiger charge is 2.41. The Hall–Kier alpha value is -2.40. The minimum Gasteiger partial charge on any atom is -0.459 e. The van der Waals surface area contributed by atoms with E-state index in [1.807, 2.05) is 0 Å². The van der Waals surface area contributed by atoms with Crippen LogP contribution in [-0.2, 0) is 17.6 Å². The van der Waals surface area contributed by atoms with Crippen molar-refractivity contribution in [3.63, 3.8) is 0 Å². The van der Waals surface area contributed by atoms with Gasteiger partial charge >= 0.3 is 0 Å². The molecule has 0 aromatic heterocycles. The number of rotatable bonds is 13. The fourth-order valence-corrected chi connectivity index (χ4v) is 6.38. The maximum atomic E-state index is 10.6. The molecule has 5 nitrogen and oxygen atoms in total. The Balaban J connectivity index is 1.70. The molecule has 0 N–H and O–H groups in total. The average Bonchev–Trinajstić information content (AvgIpc) is 2.87. The number of nitrogens with zero attached hydrogens (tertiary/aromatic N) is 1. The fraction of sp³-hybridized carbons (Fsp3) is 0.657. The van der Waals surface area contributed by atoms with Crippen molar-refractivity contribution in [2.75, 3.05) is 6.54 Å². The summed E-state index contributed by atoms with van der Waals surface area (Å²) in [7, 11) is 0. The zero-order valence-electron chi connectivity index (χ0n) is 26.4. The highest BCUT2D eigenvalue weighted by atomic mass is 16.8. The Morgan fingerprint density at radius 2 is 1.20 bits per heavy atom. The van der Waals surface area contributed by atoms with Crippen LogP contribution in [0.2, 0.25) is 0 Å². The third-order valence-electron chi connectivity index (χ3n) is 8.54. The monoisotopic (exact) mass is 549 g/mol. The van der Waals surface area contributed by atoms with E-state index in [4.69, 9.17) is 14.2 Å². The maximum absolute atomic E-state index is 10.6. The smallest absolute Gasteiger partial charge is 0.233 e. The van der Waals surface area contributed by atoms with Crippen molar-refractivity contribution in [3.05, 3.63) is 62.6 Å². The van der Waals surface area contributed by atoms with Crippen LogP contribution < -0.4 is 9.47 Å². The molecule has 2 bridgehead atoms. The largest absolute Gasteiger partial charge is 0.459 e. The Morgan fingerprint density at radius 1 is 0.750 bits per heavy atom. The summed E-state index contributed by atoms with van der Waals surface area (Å²) in [6.07, 6.45) is 6.39. The van der Waals surface area contributed by atoms with Crippen molar-refractivity contribution >= 4 is 0 Å². The number of benzene rings is 2. The molecule has 2 atom stereocenters. The summed E-state index contributed by atoms with van der Waals surface area (Å²) in [5.74, 6) is 2.46. The lowest BCUT2D eigenvalue weighted by molar-refractivity contribution is -0.228. The number of nitroso groups, excluding NO2 is 1. The Labute approximate surface area is 242 Å². The molecule has 2 aliphatic heterocycles. The summed E-state index contributed by atoms with van der Waals surface area (Å²) in [6.45, 7) is 20.8. The molecule has 4 rings (SSSR count). The summed E-state index contributed by atoms with van der Waals surface area (Å²) in [4.78, 5) is 10.6. The Bertz CT molecular complexity index is 1200. The summed E-state index contributed by atoms with van der Waals surface area (Å²) < 4.78 is 19.9. The first-order chi connectivity index (χ1) is 18.8. The van der Waals surface area contributed by atoms with Gasteiger partial charge in [0.1, 0.15) is 11.5 Å². The van der Waals surface area contributed by atoms with Crippen LogP contribution in [-0.4, -0.2) is 6.54 Å². The third kappa shape index (κ3) is 6.90. The standard InChI is InChI=1S/C35H51NO4/c1-10-11-13-34(6,7)20-24-16-26(22(2)3)30-28(18-24)32-39-31-27(23(4)5)17-25(19-29(31)33(38-30)40-32)21-35(8,9)14-12-15-36-37/h16-19,22-23,32-33H,10-15,20-21H2,1-9H3. The van der Waals surface area contributed by atoms with Crippen molar-refractivity contribution in [1.29, 1.82) is 0 Å². The van der Waals surface area contributed by atoms with E-state index >= 15 is 0 Å². The number of unbranched alkanes of at least 4 members (excludes halogenated alkanes) is 1. The fourth-order valence-electron chi connectivity index (χ4n) is 6.38. The van der Waals surface area contributed by atoms with Crippen molar-refractivity contribution in [2.24, 2.45) is 16.0 Å². The highest BCUT2D eigenvalue weighted by molar-refractivity contribution is 5.53. The minimum atomic E-state index is -0.495. The Morgan fingerprint density at radius 3 is 1.60 bits per heavy atom. The second kappa shape index (κ2) is 12.2.